The maximum Gasteiger partial charge on any atom is 0.320 e. The quantitative estimate of drug-likeness (QED) is 0.759. The lowest BCUT2D eigenvalue weighted by Crippen LogP contribution is -2.43. The molecule has 1 aromatic carbocycles. The molecule has 2 aromatic rings. The molecule has 124 valence electrons. The van der Waals surface area contributed by atoms with E-state index in [2.05, 4.69) is 15.7 Å². The molecule has 0 fully saturated rings. The predicted molar refractivity (Wildman–Crippen MR) is 90.6 cm³/mol. The Kier molecular flexibility index (Phi) is 6.01. The smallest absolute Gasteiger partial charge is 0.320 e. The number of nitrogens with one attached hydrogen (secondary N) is 2. The van der Waals surface area contributed by atoms with Crippen molar-refractivity contribution in [3.05, 3.63) is 47.1 Å². The van der Waals surface area contributed by atoms with Crippen molar-refractivity contribution in [3.63, 3.8) is 0 Å². The summed E-state index contributed by atoms with van der Waals surface area (Å²) in [4.78, 5) is 12.0. The summed E-state index contributed by atoms with van der Waals surface area (Å²) < 4.78 is 1.68. The number of amides is 2. The van der Waals surface area contributed by atoms with Crippen molar-refractivity contribution in [3.8, 4) is 0 Å². The van der Waals surface area contributed by atoms with Crippen molar-refractivity contribution in [2.45, 2.75) is 26.4 Å². The van der Waals surface area contributed by atoms with Crippen LogP contribution < -0.4 is 10.6 Å². The minimum Gasteiger partial charge on any atom is -0.394 e. The number of aliphatic hydroxyl groups is 1. The molecule has 1 heterocycles. The highest BCUT2D eigenvalue weighted by Crippen LogP contribution is 2.14. The van der Waals surface area contributed by atoms with Gasteiger partial charge in [-0.15, -0.1) is 0 Å². The van der Waals surface area contributed by atoms with Crippen LogP contribution in [0.1, 0.15) is 19.4 Å². The van der Waals surface area contributed by atoms with E-state index in [1.165, 1.54) is 0 Å². The Bertz CT molecular complexity index is 657. The van der Waals surface area contributed by atoms with Crippen LogP contribution in [0.25, 0.3) is 0 Å². The molecule has 6 nitrogen and oxygen atoms in total. The van der Waals surface area contributed by atoms with Crippen molar-refractivity contribution in [2.75, 3.05) is 11.9 Å². The molecule has 0 saturated heterocycles. The third-order valence-electron chi connectivity index (χ3n) is 3.50. The first kappa shape index (κ1) is 17.3. The highest BCUT2D eigenvalue weighted by atomic mass is 35.5. The fraction of sp³-hybridized carbons (Fsp3) is 0.375. The van der Waals surface area contributed by atoms with Crippen LogP contribution in [0.5, 0.6) is 0 Å². The van der Waals surface area contributed by atoms with Crippen LogP contribution in [-0.4, -0.2) is 33.6 Å². The first-order valence-corrected chi connectivity index (χ1v) is 7.82. The zero-order valence-electron chi connectivity index (χ0n) is 13.2. The summed E-state index contributed by atoms with van der Waals surface area (Å²) in [7, 11) is 0. The van der Waals surface area contributed by atoms with Crippen LogP contribution in [0, 0.1) is 5.92 Å². The third kappa shape index (κ3) is 4.97. The Labute approximate surface area is 140 Å². The molecule has 2 rings (SSSR count). The zero-order valence-corrected chi connectivity index (χ0v) is 13.9. The lowest BCUT2D eigenvalue weighted by atomic mass is 10.1. The lowest BCUT2D eigenvalue weighted by Gasteiger charge is -2.20. The molecular weight excluding hydrogens is 316 g/mol. The topological polar surface area (TPSA) is 79.2 Å². The maximum absolute atomic E-state index is 12.0. The summed E-state index contributed by atoms with van der Waals surface area (Å²) in [6, 6.07) is 8.53. The monoisotopic (exact) mass is 336 g/mol. The minimum atomic E-state index is -0.370. The Morgan fingerprint density at radius 2 is 2.17 bits per heavy atom. The molecule has 0 radical (unpaired) electrons. The van der Waals surface area contributed by atoms with Crippen LogP contribution in [0.15, 0.2) is 36.5 Å². The number of hydrogen-bond acceptors (Lipinski definition) is 3. The van der Waals surface area contributed by atoms with Crippen molar-refractivity contribution >= 4 is 23.4 Å². The van der Waals surface area contributed by atoms with Crippen molar-refractivity contribution in [2.24, 2.45) is 5.92 Å². The molecule has 1 atom stereocenters. The molecule has 7 heteroatoms. The van der Waals surface area contributed by atoms with Gasteiger partial charge in [-0.3, -0.25) is 5.32 Å². The molecule has 0 spiro atoms. The lowest BCUT2D eigenvalue weighted by molar-refractivity contribution is 0.204. The molecule has 3 N–H and O–H groups in total. The summed E-state index contributed by atoms with van der Waals surface area (Å²) in [5.74, 6) is 0.713. The molecule has 0 bridgehead atoms. The summed E-state index contributed by atoms with van der Waals surface area (Å²) in [5, 5.41) is 19.6. The van der Waals surface area contributed by atoms with E-state index in [1.54, 1.807) is 16.9 Å². The maximum atomic E-state index is 12.0. The Morgan fingerprint density at radius 1 is 1.39 bits per heavy atom. The number of benzene rings is 1. The van der Waals surface area contributed by atoms with Crippen LogP contribution in [0.4, 0.5) is 10.6 Å². The van der Waals surface area contributed by atoms with Gasteiger partial charge in [0.2, 0.25) is 0 Å². The highest BCUT2D eigenvalue weighted by Gasteiger charge is 2.16. The summed E-state index contributed by atoms with van der Waals surface area (Å²) in [5.41, 5.74) is 0.986. The van der Waals surface area contributed by atoms with Crippen LogP contribution >= 0.6 is 11.6 Å². The van der Waals surface area contributed by atoms with Gasteiger partial charge in [0.1, 0.15) is 5.82 Å². The van der Waals surface area contributed by atoms with E-state index in [4.69, 9.17) is 11.6 Å². The van der Waals surface area contributed by atoms with Gasteiger partial charge in [0.15, 0.2) is 0 Å². The fourth-order valence-electron chi connectivity index (χ4n) is 2.12. The second kappa shape index (κ2) is 7.99. The first-order valence-electron chi connectivity index (χ1n) is 7.44. The molecule has 1 aromatic heterocycles. The standard InChI is InChI=1S/C16H21ClN4O2/c1-11(2)14(10-22)19-16(23)20-15-6-7-18-21(15)9-12-4-3-5-13(17)8-12/h3-8,11,14,22H,9-10H2,1-2H3,(H2,19,20,23)/t14-/m1/s1. The third-order valence-corrected chi connectivity index (χ3v) is 3.73. The van der Waals surface area contributed by atoms with Gasteiger partial charge in [-0.2, -0.15) is 5.10 Å². The number of urea groups is 1. The number of rotatable bonds is 6. The Morgan fingerprint density at radius 3 is 2.83 bits per heavy atom. The Hall–Kier alpha value is -2.05. The number of aliphatic hydroxyl groups excluding tert-OH is 1. The molecule has 0 saturated carbocycles. The molecular formula is C16H21ClN4O2. The second-order valence-corrected chi connectivity index (χ2v) is 6.07. The molecule has 0 unspecified atom stereocenters. The van der Waals surface area contributed by atoms with Crippen LogP contribution in [0.2, 0.25) is 5.02 Å². The van der Waals surface area contributed by atoms with Gasteiger partial charge in [0.25, 0.3) is 0 Å². The molecule has 2 amide bonds. The van der Waals surface area contributed by atoms with Crippen molar-refractivity contribution in [1.82, 2.24) is 15.1 Å². The van der Waals surface area contributed by atoms with E-state index < -0.39 is 0 Å². The number of hydrogen-bond donors (Lipinski definition) is 3. The van der Waals surface area contributed by atoms with Crippen molar-refractivity contribution in [1.29, 1.82) is 0 Å². The average molecular weight is 337 g/mol. The number of halogens is 1. The normalized spacial score (nSPS) is 12.2. The SMILES string of the molecule is CC(C)[C@@H](CO)NC(=O)Nc1ccnn1Cc1cccc(Cl)c1. The molecule has 0 aliphatic rings. The van der Waals surface area contributed by atoms with E-state index in [9.17, 15) is 9.90 Å². The van der Waals surface area contributed by atoms with Crippen LogP contribution in [0.3, 0.4) is 0 Å². The van der Waals surface area contributed by atoms with Gasteiger partial charge in [0, 0.05) is 11.1 Å². The van der Waals surface area contributed by atoms with E-state index in [1.807, 2.05) is 38.1 Å². The predicted octanol–water partition coefficient (Wildman–Crippen LogP) is 2.72. The van der Waals surface area contributed by atoms with Gasteiger partial charge < -0.3 is 10.4 Å². The summed E-state index contributed by atoms with van der Waals surface area (Å²) in [6.45, 7) is 4.26. The number of nitrogens with zero attached hydrogens (tertiary/aromatic N) is 2. The van der Waals surface area contributed by atoms with Gasteiger partial charge in [-0.25, -0.2) is 9.48 Å². The van der Waals surface area contributed by atoms with Crippen molar-refractivity contribution < 1.29 is 9.90 Å². The molecule has 23 heavy (non-hydrogen) atoms. The van der Waals surface area contributed by atoms with E-state index in [-0.39, 0.29) is 24.6 Å². The van der Waals surface area contributed by atoms with Gasteiger partial charge in [-0.1, -0.05) is 37.6 Å². The minimum absolute atomic E-state index is 0.104. The number of anilines is 1. The van der Waals surface area contributed by atoms with E-state index in [0.717, 1.165) is 5.56 Å². The summed E-state index contributed by atoms with van der Waals surface area (Å²) in [6.07, 6.45) is 1.62. The van der Waals surface area contributed by atoms with Gasteiger partial charge in [0.05, 0.1) is 25.4 Å². The molecule has 0 aliphatic carbocycles. The van der Waals surface area contributed by atoms with E-state index >= 15 is 0 Å². The van der Waals surface area contributed by atoms with Crippen LogP contribution in [-0.2, 0) is 6.54 Å². The summed E-state index contributed by atoms with van der Waals surface area (Å²) >= 11 is 5.98. The first-order chi connectivity index (χ1) is 11.0. The average Bonchev–Trinajstić information content (AvgIpc) is 2.91. The zero-order chi connectivity index (χ0) is 16.8. The highest BCUT2D eigenvalue weighted by molar-refractivity contribution is 6.30. The van der Waals surface area contributed by atoms with Gasteiger partial charge >= 0.3 is 6.03 Å². The molecule has 0 aliphatic heterocycles. The Balaban J connectivity index is 2.02. The number of carbonyl (C=O) groups excluding carboxylic acids is 1. The number of carbonyl (C=O) groups is 1. The number of aromatic nitrogens is 2. The fourth-order valence-corrected chi connectivity index (χ4v) is 2.33. The van der Waals surface area contributed by atoms with Gasteiger partial charge in [-0.05, 0) is 23.6 Å². The van der Waals surface area contributed by atoms with E-state index in [0.29, 0.717) is 17.4 Å². The second-order valence-electron chi connectivity index (χ2n) is 5.64. The largest absolute Gasteiger partial charge is 0.394 e.